The van der Waals surface area contributed by atoms with Gasteiger partial charge in [0.25, 0.3) is 5.91 Å². The van der Waals surface area contributed by atoms with Crippen LogP contribution in [0.4, 0.5) is 13.2 Å². The highest BCUT2D eigenvalue weighted by atomic mass is 32.1. The van der Waals surface area contributed by atoms with E-state index in [4.69, 9.17) is 5.73 Å². The van der Waals surface area contributed by atoms with E-state index in [9.17, 15) is 18.0 Å². The molecule has 116 valence electrons. The van der Waals surface area contributed by atoms with Gasteiger partial charge in [0, 0.05) is 13.0 Å². The number of halogens is 3. The van der Waals surface area contributed by atoms with Crippen LogP contribution in [-0.2, 0) is 0 Å². The smallest absolute Gasteiger partial charge is 0.351 e. The first kappa shape index (κ1) is 17.5. The van der Waals surface area contributed by atoms with Gasteiger partial charge in [-0.25, -0.2) is 0 Å². The van der Waals surface area contributed by atoms with Gasteiger partial charge in [-0.1, -0.05) is 11.8 Å². The highest BCUT2D eigenvalue weighted by Crippen LogP contribution is 2.22. The van der Waals surface area contributed by atoms with E-state index in [0.717, 1.165) is 10.4 Å². The van der Waals surface area contributed by atoms with Crippen LogP contribution in [0.15, 0.2) is 6.07 Å². The van der Waals surface area contributed by atoms with Crippen molar-refractivity contribution in [2.45, 2.75) is 32.4 Å². The molecule has 1 heterocycles. The Kier molecular flexibility index (Phi) is 6.72. The second-order valence-electron chi connectivity index (χ2n) is 4.46. The van der Waals surface area contributed by atoms with Crippen molar-refractivity contribution in [2.24, 2.45) is 5.73 Å². The molecule has 0 aliphatic rings. The number of rotatable bonds is 5. The number of nitrogens with two attached hydrogens (primary N) is 1. The number of amides is 1. The summed E-state index contributed by atoms with van der Waals surface area (Å²) in [6.45, 7) is 2.32. The standard InChI is InChI=1S/C14H17F3N2OS/c1-10-9-12(21-11(10)5-4-7-18)13(20)19-8-3-2-6-14(15,16)17/h9H,2-3,6-8,18H2,1H3,(H,19,20). The number of carbonyl (C=O) groups excluding carboxylic acids is 1. The van der Waals surface area contributed by atoms with Crippen LogP contribution in [0.2, 0.25) is 0 Å². The lowest BCUT2D eigenvalue weighted by Gasteiger charge is -2.06. The van der Waals surface area contributed by atoms with Gasteiger partial charge in [-0.3, -0.25) is 4.79 Å². The summed E-state index contributed by atoms with van der Waals surface area (Å²) in [6.07, 6.45) is -4.64. The molecule has 7 heteroatoms. The molecule has 1 aromatic heterocycles. The van der Waals surface area contributed by atoms with Gasteiger partial charge in [-0.2, -0.15) is 13.2 Å². The maximum atomic E-state index is 11.9. The van der Waals surface area contributed by atoms with E-state index in [2.05, 4.69) is 17.2 Å². The highest BCUT2D eigenvalue weighted by molar-refractivity contribution is 7.14. The molecule has 3 nitrogen and oxygen atoms in total. The predicted molar refractivity (Wildman–Crippen MR) is 77.2 cm³/mol. The minimum absolute atomic E-state index is 0.0144. The number of carbonyl (C=O) groups is 1. The van der Waals surface area contributed by atoms with E-state index in [0.29, 0.717) is 11.3 Å². The Morgan fingerprint density at radius 1 is 1.43 bits per heavy atom. The maximum absolute atomic E-state index is 11.9. The van der Waals surface area contributed by atoms with Gasteiger partial charge >= 0.3 is 6.18 Å². The van der Waals surface area contributed by atoms with Crippen molar-refractivity contribution >= 4 is 17.2 Å². The highest BCUT2D eigenvalue weighted by Gasteiger charge is 2.25. The number of hydrogen-bond acceptors (Lipinski definition) is 3. The van der Waals surface area contributed by atoms with Crippen LogP contribution in [0.25, 0.3) is 0 Å². The lowest BCUT2D eigenvalue weighted by atomic mass is 10.2. The summed E-state index contributed by atoms with van der Waals surface area (Å²) in [5, 5.41) is 2.61. The number of aryl methyl sites for hydroxylation is 1. The molecule has 1 amide bonds. The Labute approximate surface area is 125 Å². The first-order valence-corrected chi connectivity index (χ1v) is 7.29. The summed E-state index contributed by atoms with van der Waals surface area (Å²) >= 11 is 1.25. The number of nitrogens with one attached hydrogen (secondary N) is 1. The Morgan fingerprint density at radius 2 is 2.14 bits per heavy atom. The summed E-state index contributed by atoms with van der Waals surface area (Å²) in [6, 6.07) is 1.72. The van der Waals surface area contributed by atoms with Crippen LogP contribution >= 0.6 is 11.3 Å². The third-order valence-corrected chi connectivity index (χ3v) is 3.77. The number of hydrogen-bond donors (Lipinski definition) is 2. The summed E-state index contributed by atoms with van der Waals surface area (Å²) < 4.78 is 35.8. The Morgan fingerprint density at radius 3 is 2.76 bits per heavy atom. The van der Waals surface area contributed by atoms with Gasteiger partial charge in [0.2, 0.25) is 0 Å². The maximum Gasteiger partial charge on any atom is 0.389 e. The molecule has 0 spiro atoms. The van der Waals surface area contributed by atoms with Crippen molar-refractivity contribution in [3.05, 3.63) is 21.4 Å². The summed E-state index contributed by atoms with van der Waals surface area (Å²) in [5.74, 6) is 5.32. The molecule has 21 heavy (non-hydrogen) atoms. The lowest BCUT2D eigenvalue weighted by Crippen LogP contribution is -2.23. The van der Waals surface area contributed by atoms with Crippen molar-refractivity contribution in [1.82, 2.24) is 5.32 Å². The summed E-state index contributed by atoms with van der Waals surface area (Å²) in [7, 11) is 0. The van der Waals surface area contributed by atoms with Crippen LogP contribution in [0, 0.1) is 18.8 Å². The third-order valence-electron chi connectivity index (χ3n) is 2.62. The fourth-order valence-corrected chi connectivity index (χ4v) is 2.55. The van der Waals surface area contributed by atoms with Crippen molar-refractivity contribution in [2.75, 3.05) is 13.1 Å². The molecule has 0 radical (unpaired) electrons. The van der Waals surface area contributed by atoms with Gasteiger partial charge in [0.15, 0.2) is 0 Å². The fourth-order valence-electron chi connectivity index (χ4n) is 1.59. The van der Waals surface area contributed by atoms with E-state index in [-0.39, 0.29) is 25.4 Å². The second kappa shape index (κ2) is 8.05. The van der Waals surface area contributed by atoms with Crippen LogP contribution in [0.5, 0.6) is 0 Å². The van der Waals surface area contributed by atoms with Crippen LogP contribution in [0.1, 0.15) is 39.4 Å². The van der Waals surface area contributed by atoms with Crippen molar-refractivity contribution in [1.29, 1.82) is 0 Å². The molecule has 0 fully saturated rings. The van der Waals surface area contributed by atoms with E-state index >= 15 is 0 Å². The van der Waals surface area contributed by atoms with Gasteiger partial charge in [-0.05, 0) is 31.4 Å². The van der Waals surface area contributed by atoms with E-state index in [1.165, 1.54) is 11.3 Å². The van der Waals surface area contributed by atoms with E-state index < -0.39 is 12.6 Å². The SMILES string of the molecule is Cc1cc(C(=O)NCCCCC(F)(F)F)sc1C#CCN. The van der Waals surface area contributed by atoms with Gasteiger partial charge in [0.05, 0.1) is 16.3 Å². The Balaban J connectivity index is 2.42. The molecule has 0 saturated carbocycles. The lowest BCUT2D eigenvalue weighted by molar-refractivity contribution is -0.135. The predicted octanol–water partition coefficient (Wildman–Crippen LogP) is 2.83. The second-order valence-corrected chi connectivity index (χ2v) is 5.51. The molecule has 0 saturated heterocycles. The van der Waals surface area contributed by atoms with Gasteiger partial charge in [-0.15, -0.1) is 11.3 Å². The Bertz CT molecular complexity index is 541. The van der Waals surface area contributed by atoms with Crippen molar-refractivity contribution in [3.8, 4) is 11.8 Å². The topological polar surface area (TPSA) is 55.1 Å². The zero-order valence-electron chi connectivity index (χ0n) is 11.6. The minimum atomic E-state index is -4.13. The van der Waals surface area contributed by atoms with Crippen molar-refractivity contribution < 1.29 is 18.0 Å². The molecule has 3 N–H and O–H groups in total. The number of alkyl halides is 3. The molecule has 0 aliphatic carbocycles. The molecular formula is C14H17F3N2OS. The van der Waals surface area contributed by atoms with E-state index in [1.54, 1.807) is 6.07 Å². The van der Waals surface area contributed by atoms with Crippen LogP contribution < -0.4 is 11.1 Å². The van der Waals surface area contributed by atoms with Gasteiger partial charge in [0.1, 0.15) is 0 Å². The summed E-state index contributed by atoms with van der Waals surface area (Å²) in [5.41, 5.74) is 6.18. The molecule has 1 aromatic rings. The number of thiophene rings is 1. The molecule has 1 rings (SSSR count). The van der Waals surface area contributed by atoms with Crippen LogP contribution in [0.3, 0.4) is 0 Å². The van der Waals surface area contributed by atoms with Crippen LogP contribution in [-0.4, -0.2) is 25.2 Å². The molecule has 0 aliphatic heterocycles. The summed E-state index contributed by atoms with van der Waals surface area (Å²) in [4.78, 5) is 13.1. The molecular weight excluding hydrogens is 301 g/mol. The first-order valence-electron chi connectivity index (χ1n) is 6.48. The number of unbranched alkanes of at least 4 members (excludes halogenated alkanes) is 1. The normalized spacial score (nSPS) is 10.9. The minimum Gasteiger partial charge on any atom is -0.351 e. The average molecular weight is 318 g/mol. The molecule has 0 atom stereocenters. The monoisotopic (exact) mass is 318 g/mol. The Hall–Kier alpha value is -1.52. The molecule has 0 aromatic carbocycles. The van der Waals surface area contributed by atoms with Gasteiger partial charge < -0.3 is 11.1 Å². The average Bonchev–Trinajstić information content (AvgIpc) is 2.76. The third kappa shape index (κ3) is 6.65. The zero-order chi connectivity index (χ0) is 15.9. The first-order chi connectivity index (χ1) is 9.83. The van der Waals surface area contributed by atoms with E-state index in [1.807, 2.05) is 6.92 Å². The van der Waals surface area contributed by atoms with Crippen molar-refractivity contribution in [3.63, 3.8) is 0 Å². The fraction of sp³-hybridized carbons (Fsp3) is 0.500. The quantitative estimate of drug-likeness (QED) is 0.648. The largest absolute Gasteiger partial charge is 0.389 e. The zero-order valence-corrected chi connectivity index (χ0v) is 12.5. The molecule has 0 bridgehead atoms. The molecule has 0 unspecified atom stereocenters.